The Morgan fingerprint density at radius 3 is 2.73 bits per heavy atom. The van der Waals surface area contributed by atoms with Crippen molar-refractivity contribution in [2.45, 2.75) is 76.4 Å². The van der Waals surface area contributed by atoms with Crippen LogP contribution in [0.25, 0.3) is 0 Å². The van der Waals surface area contributed by atoms with Crippen LogP contribution in [0.15, 0.2) is 21.9 Å². The van der Waals surface area contributed by atoms with Gasteiger partial charge in [0.2, 0.25) is 0 Å². The lowest BCUT2D eigenvalue weighted by Gasteiger charge is -2.29. The molecule has 26 heavy (non-hydrogen) atoms. The van der Waals surface area contributed by atoms with Crippen molar-refractivity contribution in [2.24, 2.45) is 0 Å². The Hall–Kier alpha value is -1.93. The van der Waals surface area contributed by atoms with Gasteiger partial charge < -0.3 is 14.2 Å². The van der Waals surface area contributed by atoms with E-state index in [-0.39, 0.29) is 24.8 Å². The topological polar surface area (TPSA) is 99.6 Å². The highest BCUT2D eigenvalue weighted by Crippen LogP contribution is 2.36. The van der Waals surface area contributed by atoms with E-state index < -0.39 is 23.1 Å². The molecule has 8 heteroatoms. The highest BCUT2D eigenvalue weighted by atomic mass is 16.6. The summed E-state index contributed by atoms with van der Waals surface area (Å²) in [5.74, 6) is -0.322. The summed E-state index contributed by atoms with van der Waals surface area (Å²) in [6.07, 6.45) is 5.21. The number of rotatable bonds is 6. The Kier molecular flexibility index (Phi) is 5.62. The maximum absolute atomic E-state index is 12.6. The molecule has 1 aromatic heterocycles. The second kappa shape index (κ2) is 7.75. The Balaban J connectivity index is 1.56. The molecule has 0 radical (unpaired) electrons. The molecule has 1 saturated carbocycles. The molecule has 2 heterocycles. The number of nitrogens with zero attached hydrogens (tertiary/aromatic N) is 1. The Morgan fingerprint density at radius 1 is 1.35 bits per heavy atom. The number of hydrogen-bond donors (Lipinski definition) is 1. The maximum atomic E-state index is 12.6. The van der Waals surface area contributed by atoms with E-state index in [1.165, 1.54) is 16.8 Å². The van der Waals surface area contributed by atoms with E-state index in [0.29, 0.717) is 25.7 Å². The second-order valence-corrected chi connectivity index (χ2v) is 7.27. The normalized spacial score (nSPS) is 24.9. The number of aromatic amines is 1. The van der Waals surface area contributed by atoms with Gasteiger partial charge in [0.15, 0.2) is 5.60 Å². The van der Waals surface area contributed by atoms with Crippen LogP contribution in [-0.2, 0) is 19.0 Å². The minimum atomic E-state index is -0.831. The van der Waals surface area contributed by atoms with Gasteiger partial charge in [0, 0.05) is 12.3 Å². The van der Waals surface area contributed by atoms with Gasteiger partial charge >= 0.3 is 11.7 Å². The molecule has 0 amide bonds. The summed E-state index contributed by atoms with van der Waals surface area (Å²) in [6, 6.07) is 1.28. The van der Waals surface area contributed by atoms with Gasteiger partial charge in [-0.15, -0.1) is 0 Å². The molecule has 2 aliphatic rings. The number of esters is 1. The van der Waals surface area contributed by atoms with Crippen LogP contribution in [0, 0.1) is 0 Å². The number of carbonyl (C=O) groups excluding carboxylic acids is 1. The van der Waals surface area contributed by atoms with Crippen LogP contribution in [0.2, 0.25) is 0 Å². The second-order valence-electron chi connectivity index (χ2n) is 7.27. The molecule has 144 valence electrons. The molecule has 3 rings (SSSR count). The van der Waals surface area contributed by atoms with Crippen LogP contribution in [0.1, 0.15) is 58.6 Å². The average molecular weight is 366 g/mol. The van der Waals surface area contributed by atoms with Crippen LogP contribution >= 0.6 is 0 Å². The van der Waals surface area contributed by atoms with Crippen LogP contribution in [0.5, 0.6) is 0 Å². The molecule has 1 saturated heterocycles. The third kappa shape index (κ3) is 4.07. The fraction of sp³-hybridized carbons (Fsp3) is 0.722. The molecule has 0 bridgehead atoms. The van der Waals surface area contributed by atoms with E-state index in [9.17, 15) is 14.4 Å². The largest absolute Gasteiger partial charge is 0.461 e. The molecule has 2 atom stereocenters. The van der Waals surface area contributed by atoms with Gasteiger partial charge in [-0.2, -0.15) is 0 Å². The standard InChI is InChI=1S/C18H26N2O6/c1-12(2)26-18(8-3-4-9-18)16(22)24-11-13-5-6-15(25-13)20-10-7-14(21)19-17(20)23/h7,10,12-13,15H,3-6,8-9,11H2,1-2H3,(H,19,21,23). The Morgan fingerprint density at radius 2 is 2.08 bits per heavy atom. The SMILES string of the molecule is CC(C)OC1(C(=O)OCC2CCC(n3ccc(=O)[nH]c3=O)O2)CCCC1. The predicted octanol–water partition coefficient (Wildman–Crippen LogP) is 1.50. The summed E-state index contributed by atoms with van der Waals surface area (Å²) in [5.41, 5.74) is -1.78. The van der Waals surface area contributed by atoms with Crippen molar-refractivity contribution < 1.29 is 19.0 Å². The number of carbonyl (C=O) groups is 1. The quantitative estimate of drug-likeness (QED) is 0.766. The highest BCUT2D eigenvalue weighted by Gasteiger charge is 2.45. The van der Waals surface area contributed by atoms with Crippen molar-refractivity contribution in [3.63, 3.8) is 0 Å². The first-order valence-corrected chi connectivity index (χ1v) is 9.21. The van der Waals surface area contributed by atoms with Crippen LogP contribution in [-0.4, -0.2) is 39.9 Å². The van der Waals surface area contributed by atoms with Crippen LogP contribution in [0.3, 0.4) is 0 Å². The molecule has 1 aliphatic carbocycles. The van der Waals surface area contributed by atoms with E-state index in [1.807, 2.05) is 13.8 Å². The predicted molar refractivity (Wildman–Crippen MR) is 92.8 cm³/mol. The van der Waals surface area contributed by atoms with Crippen molar-refractivity contribution >= 4 is 5.97 Å². The van der Waals surface area contributed by atoms with Gasteiger partial charge in [0.1, 0.15) is 12.8 Å². The zero-order valence-corrected chi connectivity index (χ0v) is 15.2. The lowest BCUT2D eigenvalue weighted by Crippen LogP contribution is -2.43. The summed E-state index contributed by atoms with van der Waals surface area (Å²) < 4.78 is 18.6. The molecule has 1 aromatic rings. The molecular weight excluding hydrogens is 340 g/mol. The van der Waals surface area contributed by atoms with Crippen LogP contribution < -0.4 is 11.2 Å². The van der Waals surface area contributed by atoms with Crippen LogP contribution in [0.4, 0.5) is 0 Å². The van der Waals surface area contributed by atoms with Gasteiger partial charge in [0.05, 0.1) is 12.2 Å². The van der Waals surface area contributed by atoms with E-state index in [4.69, 9.17) is 14.2 Å². The number of H-pyrrole nitrogens is 1. The van der Waals surface area contributed by atoms with Gasteiger partial charge in [-0.25, -0.2) is 9.59 Å². The van der Waals surface area contributed by atoms with E-state index in [1.54, 1.807) is 0 Å². The number of hydrogen-bond acceptors (Lipinski definition) is 6. The minimum absolute atomic E-state index is 0.0418. The summed E-state index contributed by atoms with van der Waals surface area (Å²) in [4.78, 5) is 37.8. The smallest absolute Gasteiger partial charge is 0.338 e. The average Bonchev–Trinajstić information content (AvgIpc) is 3.22. The van der Waals surface area contributed by atoms with E-state index in [0.717, 1.165) is 12.8 Å². The lowest BCUT2D eigenvalue weighted by atomic mass is 10.0. The van der Waals surface area contributed by atoms with Crippen molar-refractivity contribution in [3.8, 4) is 0 Å². The molecule has 0 spiro atoms. The molecule has 0 aromatic carbocycles. The van der Waals surface area contributed by atoms with E-state index in [2.05, 4.69) is 4.98 Å². The summed E-state index contributed by atoms with van der Waals surface area (Å²) >= 11 is 0. The summed E-state index contributed by atoms with van der Waals surface area (Å²) in [7, 11) is 0. The number of nitrogens with one attached hydrogen (secondary N) is 1. The Bertz CT molecular complexity index is 747. The van der Waals surface area contributed by atoms with Gasteiger partial charge in [-0.3, -0.25) is 14.3 Å². The minimum Gasteiger partial charge on any atom is -0.461 e. The molecule has 8 nitrogen and oxygen atoms in total. The third-order valence-electron chi connectivity index (χ3n) is 4.89. The summed E-state index contributed by atoms with van der Waals surface area (Å²) in [6.45, 7) is 3.97. The maximum Gasteiger partial charge on any atom is 0.338 e. The highest BCUT2D eigenvalue weighted by molar-refractivity contribution is 5.80. The van der Waals surface area contributed by atoms with Gasteiger partial charge in [0.25, 0.3) is 5.56 Å². The first kappa shape index (κ1) is 18.8. The first-order valence-electron chi connectivity index (χ1n) is 9.21. The lowest BCUT2D eigenvalue weighted by molar-refractivity contribution is -0.181. The zero-order valence-electron chi connectivity index (χ0n) is 15.2. The van der Waals surface area contributed by atoms with Crippen molar-refractivity contribution in [1.29, 1.82) is 0 Å². The van der Waals surface area contributed by atoms with Crippen molar-refractivity contribution in [3.05, 3.63) is 33.1 Å². The van der Waals surface area contributed by atoms with Gasteiger partial charge in [-0.05, 0) is 52.4 Å². The number of aromatic nitrogens is 2. The number of ether oxygens (including phenoxy) is 3. The molecule has 1 aliphatic heterocycles. The Labute approximate surface area is 151 Å². The zero-order chi connectivity index (χ0) is 18.7. The first-order chi connectivity index (χ1) is 12.4. The third-order valence-corrected chi connectivity index (χ3v) is 4.89. The fourth-order valence-electron chi connectivity index (χ4n) is 3.74. The van der Waals surface area contributed by atoms with Crippen molar-refractivity contribution in [1.82, 2.24) is 9.55 Å². The molecule has 2 unspecified atom stereocenters. The van der Waals surface area contributed by atoms with Gasteiger partial charge in [-0.1, -0.05) is 0 Å². The monoisotopic (exact) mass is 366 g/mol. The summed E-state index contributed by atoms with van der Waals surface area (Å²) in [5, 5.41) is 0. The van der Waals surface area contributed by atoms with E-state index >= 15 is 0 Å². The fourth-order valence-corrected chi connectivity index (χ4v) is 3.74. The molecule has 1 N–H and O–H groups in total. The molecular formula is C18H26N2O6. The molecule has 2 fully saturated rings. The van der Waals surface area contributed by atoms with Crippen molar-refractivity contribution in [2.75, 3.05) is 6.61 Å².